The number of aromatic nitrogens is 1. The lowest BCUT2D eigenvalue weighted by Crippen LogP contribution is -2.14. The van der Waals surface area contributed by atoms with Gasteiger partial charge in [-0.05, 0) is 53.3 Å². The summed E-state index contributed by atoms with van der Waals surface area (Å²) in [6, 6.07) is 7.41. The van der Waals surface area contributed by atoms with E-state index in [-0.39, 0.29) is 11.4 Å². The van der Waals surface area contributed by atoms with Gasteiger partial charge in [-0.25, -0.2) is 18.5 Å². The van der Waals surface area contributed by atoms with Crippen LogP contribution in [0.2, 0.25) is 0 Å². The number of esters is 1. The third-order valence-electron chi connectivity index (χ3n) is 4.74. The highest BCUT2D eigenvalue weighted by atomic mass is 32.2. The molecular formula is C19H17F3N2O4S. The first-order valence-corrected chi connectivity index (χ1v) is 10.0. The van der Waals surface area contributed by atoms with Crippen LogP contribution in [0.4, 0.5) is 13.2 Å². The molecule has 29 heavy (non-hydrogen) atoms. The Balaban J connectivity index is 2.04. The van der Waals surface area contributed by atoms with E-state index in [0.29, 0.717) is 28.7 Å². The number of ether oxygens (including phenoxy) is 1. The number of hydrogen-bond donors (Lipinski definition) is 1. The van der Waals surface area contributed by atoms with Crippen molar-refractivity contribution < 1.29 is 31.1 Å². The average molecular weight is 426 g/mol. The monoisotopic (exact) mass is 426 g/mol. The number of nitrogens with zero attached hydrogens (tertiary/aromatic N) is 1. The molecule has 1 heterocycles. The third kappa shape index (κ3) is 4.48. The van der Waals surface area contributed by atoms with Crippen LogP contribution in [-0.4, -0.2) is 26.5 Å². The van der Waals surface area contributed by atoms with E-state index in [1.54, 1.807) is 0 Å². The summed E-state index contributed by atoms with van der Waals surface area (Å²) in [5, 5.41) is 4.75. The molecule has 0 fully saturated rings. The molecule has 1 aromatic carbocycles. The molecule has 2 aromatic rings. The van der Waals surface area contributed by atoms with Gasteiger partial charge in [0.1, 0.15) is 0 Å². The summed E-state index contributed by atoms with van der Waals surface area (Å²) >= 11 is 0. The number of methoxy groups -OCH3 is 1. The van der Waals surface area contributed by atoms with Crippen molar-refractivity contribution in [2.75, 3.05) is 7.11 Å². The lowest BCUT2D eigenvalue weighted by molar-refractivity contribution is -0.144. The van der Waals surface area contributed by atoms with Crippen LogP contribution in [0.25, 0.3) is 11.1 Å². The number of halogens is 3. The molecule has 0 amide bonds. The molecule has 0 radical (unpaired) electrons. The zero-order valence-electron chi connectivity index (χ0n) is 15.2. The smallest absolute Gasteiger partial charge is 0.416 e. The summed E-state index contributed by atoms with van der Waals surface area (Å²) in [7, 11) is -2.70. The van der Waals surface area contributed by atoms with Crippen molar-refractivity contribution in [1.29, 1.82) is 0 Å². The van der Waals surface area contributed by atoms with Gasteiger partial charge >= 0.3 is 12.1 Å². The van der Waals surface area contributed by atoms with Crippen LogP contribution < -0.4 is 5.14 Å². The minimum absolute atomic E-state index is 0.282. The highest BCUT2D eigenvalue weighted by molar-refractivity contribution is 7.89. The molecule has 0 aliphatic heterocycles. The second-order valence-corrected chi connectivity index (χ2v) is 8.10. The summed E-state index contributed by atoms with van der Waals surface area (Å²) in [6.45, 7) is 0. The number of allylic oxidation sites excluding steroid dienone is 2. The van der Waals surface area contributed by atoms with Gasteiger partial charge in [-0.15, -0.1) is 0 Å². The van der Waals surface area contributed by atoms with E-state index in [1.165, 1.54) is 37.6 Å². The van der Waals surface area contributed by atoms with E-state index in [1.807, 2.05) is 0 Å². The number of hydrogen-bond acceptors (Lipinski definition) is 5. The predicted molar refractivity (Wildman–Crippen MR) is 98.6 cm³/mol. The molecule has 3 rings (SSSR count). The van der Waals surface area contributed by atoms with Gasteiger partial charge < -0.3 is 4.74 Å². The Kier molecular flexibility index (Phi) is 5.50. The molecule has 1 aliphatic rings. The molecule has 0 saturated heterocycles. The fourth-order valence-electron chi connectivity index (χ4n) is 3.32. The largest absolute Gasteiger partial charge is 0.469 e. The SMILES string of the molecule is COC(=O)C1CC(c2ccc(C(F)(F)F)cc2)=C(c2ccc(S(N)(=O)=O)nc2)C1. The number of pyridine rings is 1. The summed E-state index contributed by atoms with van der Waals surface area (Å²) in [5.41, 5.74) is 1.69. The molecule has 6 nitrogen and oxygen atoms in total. The highest BCUT2D eigenvalue weighted by Gasteiger charge is 2.33. The van der Waals surface area contributed by atoms with Gasteiger partial charge in [0.25, 0.3) is 10.0 Å². The number of nitrogens with two attached hydrogens (primary N) is 1. The lowest BCUT2D eigenvalue weighted by atomic mass is 9.97. The van der Waals surface area contributed by atoms with E-state index in [9.17, 15) is 26.4 Å². The zero-order valence-corrected chi connectivity index (χ0v) is 16.0. The van der Waals surface area contributed by atoms with Gasteiger partial charge in [0.05, 0.1) is 18.6 Å². The van der Waals surface area contributed by atoms with Gasteiger partial charge in [0.15, 0.2) is 5.03 Å². The van der Waals surface area contributed by atoms with E-state index in [2.05, 4.69) is 4.98 Å². The van der Waals surface area contributed by atoms with Crippen LogP contribution in [0.5, 0.6) is 0 Å². The van der Waals surface area contributed by atoms with Crippen molar-refractivity contribution in [3.8, 4) is 0 Å². The Bertz CT molecular complexity index is 1060. The van der Waals surface area contributed by atoms with E-state index >= 15 is 0 Å². The van der Waals surface area contributed by atoms with Crippen LogP contribution in [0.1, 0.15) is 29.5 Å². The van der Waals surface area contributed by atoms with Crippen molar-refractivity contribution in [3.63, 3.8) is 0 Å². The summed E-state index contributed by atoms with van der Waals surface area (Å²) in [6.07, 6.45) is -2.56. The minimum atomic E-state index is -4.45. The molecule has 10 heteroatoms. The normalized spacial score (nSPS) is 17.5. The van der Waals surface area contributed by atoms with Crippen LogP contribution >= 0.6 is 0 Å². The highest BCUT2D eigenvalue weighted by Crippen LogP contribution is 2.44. The number of carbonyl (C=O) groups is 1. The topological polar surface area (TPSA) is 99.4 Å². The van der Waals surface area contributed by atoms with Crippen molar-refractivity contribution in [2.24, 2.45) is 11.1 Å². The van der Waals surface area contributed by atoms with Gasteiger partial charge in [-0.1, -0.05) is 18.2 Å². The summed E-state index contributed by atoms with van der Waals surface area (Å²) in [5.74, 6) is -0.927. The Hall–Kier alpha value is -2.72. The van der Waals surface area contributed by atoms with Gasteiger partial charge in [0.2, 0.25) is 0 Å². The molecule has 1 aliphatic carbocycles. The number of benzene rings is 1. The first-order valence-electron chi connectivity index (χ1n) is 8.47. The Morgan fingerprint density at radius 1 is 1.07 bits per heavy atom. The van der Waals surface area contributed by atoms with Crippen LogP contribution in [0.3, 0.4) is 0 Å². The standard InChI is InChI=1S/C19H17F3N2O4S/c1-28-18(25)13-8-15(11-2-5-14(6-3-11)19(20,21)22)16(9-13)12-4-7-17(24-10-12)29(23,26)27/h2-7,10,13H,8-9H2,1H3,(H2,23,26,27). The molecule has 0 spiro atoms. The molecule has 1 atom stereocenters. The molecule has 154 valence electrons. The summed E-state index contributed by atoms with van der Waals surface area (Å²) < 4.78 is 66.1. The second kappa shape index (κ2) is 7.60. The predicted octanol–water partition coefficient (Wildman–Crippen LogP) is 3.24. The second-order valence-electron chi connectivity index (χ2n) is 6.59. The molecule has 0 saturated carbocycles. The number of alkyl halides is 3. The van der Waals surface area contributed by atoms with E-state index in [0.717, 1.165) is 12.1 Å². The number of primary sulfonamides is 1. The van der Waals surface area contributed by atoms with Crippen molar-refractivity contribution >= 4 is 27.1 Å². The fraction of sp³-hybridized carbons (Fsp3) is 0.263. The molecule has 0 bridgehead atoms. The molecule has 1 aromatic heterocycles. The first-order chi connectivity index (χ1) is 13.5. The van der Waals surface area contributed by atoms with E-state index < -0.39 is 33.7 Å². The third-order valence-corrected chi connectivity index (χ3v) is 5.56. The lowest BCUT2D eigenvalue weighted by Gasteiger charge is -2.11. The number of rotatable bonds is 4. The quantitative estimate of drug-likeness (QED) is 0.757. The number of carbonyl (C=O) groups excluding carboxylic acids is 1. The van der Waals surface area contributed by atoms with Crippen molar-refractivity contribution in [1.82, 2.24) is 4.98 Å². The fourth-order valence-corrected chi connectivity index (χ4v) is 3.77. The minimum Gasteiger partial charge on any atom is -0.469 e. The average Bonchev–Trinajstić information content (AvgIpc) is 3.11. The Labute approximate surface area is 165 Å². The van der Waals surface area contributed by atoms with Crippen LogP contribution in [0, 0.1) is 5.92 Å². The van der Waals surface area contributed by atoms with E-state index in [4.69, 9.17) is 9.88 Å². The number of sulfonamides is 1. The van der Waals surface area contributed by atoms with Crippen LogP contribution in [-0.2, 0) is 25.7 Å². The van der Waals surface area contributed by atoms with Gasteiger partial charge in [-0.2, -0.15) is 13.2 Å². The maximum absolute atomic E-state index is 12.8. The molecular weight excluding hydrogens is 409 g/mol. The summed E-state index contributed by atoms with van der Waals surface area (Å²) in [4.78, 5) is 15.9. The Morgan fingerprint density at radius 2 is 1.62 bits per heavy atom. The van der Waals surface area contributed by atoms with Crippen molar-refractivity contribution in [3.05, 3.63) is 59.3 Å². The first kappa shape index (κ1) is 21.0. The van der Waals surface area contributed by atoms with Crippen molar-refractivity contribution in [2.45, 2.75) is 24.0 Å². The molecule has 1 unspecified atom stereocenters. The maximum atomic E-state index is 12.8. The van der Waals surface area contributed by atoms with Crippen LogP contribution in [0.15, 0.2) is 47.6 Å². The van der Waals surface area contributed by atoms with Gasteiger partial charge in [-0.3, -0.25) is 4.79 Å². The van der Waals surface area contributed by atoms with Gasteiger partial charge in [0, 0.05) is 6.20 Å². The maximum Gasteiger partial charge on any atom is 0.416 e. The zero-order chi connectivity index (χ0) is 21.4. The molecule has 2 N–H and O–H groups in total. The Morgan fingerprint density at radius 3 is 2.07 bits per heavy atom.